The van der Waals surface area contributed by atoms with Crippen molar-refractivity contribution in [1.82, 2.24) is 5.32 Å². The van der Waals surface area contributed by atoms with Crippen molar-refractivity contribution in [2.75, 3.05) is 20.3 Å². The Morgan fingerprint density at radius 1 is 1.21 bits per heavy atom. The molecule has 0 aliphatic rings. The van der Waals surface area contributed by atoms with Crippen LogP contribution in [0.3, 0.4) is 0 Å². The first-order valence-electron chi connectivity index (χ1n) is 5.95. The molecule has 1 unspecified atom stereocenters. The fourth-order valence-electron chi connectivity index (χ4n) is 1.69. The van der Waals surface area contributed by atoms with E-state index < -0.39 is 0 Å². The van der Waals surface area contributed by atoms with E-state index in [2.05, 4.69) is 33.1 Å². The summed E-state index contributed by atoms with van der Waals surface area (Å²) in [5.74, 6) is 0.791. The van der Waals surface area contributed by atoms with Crippen LogP contribution in [0.25, 0.3) is 0 Å². The summed E-state index contributed by atoms with van der Waals surface area (Å²) >= 11 is 0. The van der Waals surface area contributed by atoms with E-state index in [1.165, 1.54) is 25.7 Å². The van der Waals surface area contributed by atoms with Gasteiger partial charge in [-0.25, -0.2) is 0 Å². The summed E-state index contributed by atoms with van der Waals surface area (Å²) in [5, 5.41) is 3.38. The van der Waals surface area contributed by atoms with Crippen molar-refractivity contribution in [3.8, 4) is 0 Å². The van der Waals surface area contributed by atoms with Crippen LogP contribution in [0.2, 0.25) is 0 Å². The van der Waals surface area contributed by atoms with E-state index >= 15 is 0 Å². The molecule has 0 amide bonds. The van der Waals surface area contributed by atoms with E-state index in [1.807, 2.05) is 0 Å². The van der Waals surface area contributed by atoms with Gasteiger partial charge in [0, 0.05) is 19.3 Å². The molecule has 2 heteroatoms. The van der Waals surface area contributed by atoms with Gasteiger partial charge in [0.1, 0.15) is 0 Å². The average Bonchev–Trinajstić information content (AvgIpc) is 2.15. The van der Waals surface area contributed by atoms with Gasteiger partial charge in [-0.3, -0.25) is 0 Å². The first-order valence-corrected chi connectivity index (χ1v) is 5.95. The molecule has 0 saturated carbocycles. The quantitative estimate of drug-likeness (QED) is 0.579. The molecule has 1 atom stereocenters. The van der Waals surface area contributed by atoms with Crippen molar-refractivity contribution in [1.29, 1.82) is 0 Å². The van der Waals surface area contributed by atoms with Gasteiger partial charge in [0.25, 0.3) is 0 Å². The standard InChI is InChI=1S/C12H27NO/c1-5-14-9-7-6-8-12(13-4)10-11(2)3/h11-13H,5-10H2,1-4H3. The number of rotatable bonds is 9. The Bertz CT molecular complexity index is 115. The number of nitrogens with one attached hydrogen (secondary N) is 1. The first-order chi connectivity index (χ1) is 6.70. The predicted octanol–water partition coefficient (Wildman–Crippen LogP) is 2.83. The summed E-state index contributed by atoms with van der Waals surface area (Å²) in [4.78, 5) is 0. The molecule has 0 aliphatic carbocycles. The third-order valence-electron chi connectivity index (χ3n) is 2.46. The second-order valence-corrected chi connectivity index (χ2v) is 4.31. The Labute approximate surface area is 89.4 Å². The van der Waals surface area contributed by atoms with Crippen LogP contribution in [0.1, 0.15) is 46.5 Å². The lowest BCUT2D eigenvalue weighted by Gasteiger charge is -2.17. The van der Waals surface area contributed by atoms with Crippen LogP contribution in [-0.4, -0.2) is 26.3 Å². The maximum atomic E-state index is 5.31. The lowest BCUT2D eigenvalue weighted by molar-refractivity contribution is 0.142. The second kappa shape index (κ2) is 9.47. The summed E-state index contributed by atoms with van der Waals surface area (Å²) in [6, 6.07) is 0.691. The van der Waals surface area contributed by atoms with E-state index in [0.717, 1.165) is 19.1 Å². The largest absolute Gasteiger partial charge is 0.382 e. The van der Waals surface area contributed by atoms with E-state index in [1.54, 1.807) is 0 Å². The van der Waals surface area contributed by atoms with Crippen LogP contribution >= 0.6 is 0 Å². The molecule has 0 aromatic rings. The van der Waals surface area contributed by atoms with Crippen LogP contribution in [0, 0.1) is 5.92 Å². The summed E-state index contributed by atoms with van der Waals surface area (Å²) in [6.45, 7) is 8.39. The van der Waals surface area contributed by atoms with Crippen molar-refractivity contribution < 1.29 is 4.74 Å². The topological polar surface area (TPSA) is 21.3 Å². The second-order valence-electron chi connectivity index (χ2n) is 4.31. The molecule has 0 aromatic carbocycles. The fraction of sp³-hybridized carbons (Fsp3) is 1.00. The Morgan fingerprint density at radius 2 is 1.93 bits per heavy atom. The van der Waals surface area contributed by atoms with Gasteiger partial charge in [0.2, 0.25) is 0 Å². The third kappa shape index (κ3) is 8.52. The first kappa shape index (κ1) is 13.9. The van der Waals surface area contributed by atoms with Crippen molar-refractivity contribution in [2.45, 2.75) is 52.5 Å². The Kier molecular flexibility index (Phi) is 9.42. The highest BCUT2D eigenvalue weighted by Crippen LogP contribution is 2.10. The highest BCUT2D eigenvalue weighted by molar-refractivity contribution is 4.66. The molecule has 0 rings (SSSR count). The molecular formula is C12H27NO. The van der Waals surface area contributed by atoms with Crippen LogP contribution < -0.4 is 5.32 Å². The highest BCUT2D eigenvalue weighted by atomic mass is 16.5. The van der Waals surface area contributed by atoms with Crippen LogP contribution in [0.15, 0.2) is 0 Å². The van der Waals surface area contributed by atoms with Crippen molar-refractivity contribution in [3.05, 3.63) is 0 Å². The van der Waals surface area contributed by atoms with Gasteiger partial charge in [-0.2, -0.15) is 0 Å². The average molecular weight is 201 g/mol. The van der Waals surface area contributed by atoms with Crippen LogP contribution in [0.4, 0.5) is 0 Å². The smallest absolute Gasteiger partial charge is 0.0465 e. The van der Waals surface area contributed by atoms with Gasteiger partial charge in [0.05, 0.1) is 0 Å². The number of unbranched alkanes of at least 4 members (excludes halogenated alkanes) is 1. The van der Waals surface area contributed by atoms with Crippen molar-refractivity contribution in [3.63, 3.8) is 0 Å². The minimum atomic E-state index is 0.691. The summed E-state index contributed by atoms with van der Waals surface area (Å²) in [5.41, 5.74) is 0. The molecule has 2 nitrogen and oxygen atoms in total. The molecule has 0 radical (unpaired) electrons. The fourth-order valence-corrected chi connectivity index (χ4v) is 1.69. The van der Waals surface area contributed by atoms with Gasteiger partial charge in [-0.1, -0.05) is 13.8 Å². The predicted molar refractivity (Wildman–Crippen MR) is 62.6 cm³/mol. The van der Waals surface area contributed by atoms with E-state index in [4.69, 9.17) is 4.74 Å². The van der Waals surface area contributed by atoms with Crippen LogP contribution in [0.5, 0.6) is 0 Å². The van der Waals surface area contributed by atoms with Gasteiger partial charge < -0.3 is 10.1 Å². The molecule has 14 heavy (non-hydrogen) atoms. The molecule has 0 bridgehead atoms. The van der Waals surface area contributed by atoms with Gasteiger partial charge in [0.15, 0.2) is 0 Å². The minimum Gasteiger partial charge on any atom is -0.382 e. The number of hydrogen-bond acceptors (Lipinski definition) is 2. The zero-order chi connectivity index (χ0) is 10.8. The molecule has 0 heterocycles. The Hall–Kier alpha value is -0.0800. The molecule has 0 fully saturated rings. The Morgan fingerprint density at radius 3 is 2.43 bits per heavy atom. The van der Waals surface area contributed by atoms with Gasteiger partial charge in [-0.15, -0.1) is 0 Å². The SMILES string of the molecule is CCOCCCCC(CC(C)C)NC. The Balaban J connectivity index is 3.33. The van der Waals surface area contributed by atoms with Crippen molar-refractivity contribution in [2.24, 2.45) is 5.92 Å². The third-order valence-corrected chi connectivity index (χ3v) is 2.46. The molecule has 86 valence electrons. The minimum absolute atomic E-state index is 0.691. The lowest BCUT2D eigenvalue weighted by Crippen LogP contribution is -2.26. The molecular weight excluding hydrogens is 174 g/mol. The monoisotopic (exact) mass is 201 g/mol. The highest BCUT2D eigenvalue weighted by Gasteiger charge is 2.07. The normalized spacial score (nSPS) is 13.5. The zero-order valence-electron chi connectivity index (χ0n) is 10.3. The summed E-state index contributed by atoms with van der Waals surface area (Å²) in [6.07, 6.45) is 5.04. The maximum absolute atomic E-state index is 5.31. The summed E-state index contributed by atoms with van der Waals surface area (Å²) < 4.78 is 5.31. The van der Waals surface area contributed by atoms with E-state index in [-0.39, 0.29) is 0 Å². The zero-order valence-corrected chi connectivity index (χ0v) is 10.3. The number of ether oxygens (including phenoxy) is 1. The lowest BCUT2D eigenvalue weighted by atomic mass is 9.99. The summed E-state index contributed by atoms with van der Waals surface area (Å²) in [7, 11) is 2.07. The molecule has 0 aliphatic heterocycles. The maximum Gasteiger partial charge on any atom is 0.0465 e. The molecule has 1 N–H and O–H groups in total. The number of hydrogen-bond donors (Lipinski definition) is 1. The van der Waals surface area contributed by atoms with Crippen molar-refractivity contribution >= 4 is 0 Å². The van der Waals surface area contributed by atoms with Gasteiger partial charge in [-0.05, 0) is 45.6 Å². The molecule has 0 saturated heterocycles. The van der Waals surface area contributed by atoms with E-state index in [9.17, 15) is 0 Å². The molecule has 0 spiro atoms. The van der Waals surface area contributed by atoms with E-state index in [0.29, 0.717) is 6.04 Å². The van der Waals surface area contributed by atoms with Crippen LogP contribution in [-0.2, 0) is 4.74 Å². The van der Waals surface area contributed by atoms with Gasteiger partial charge >= 0.3 is 0 Å². The molecule has 0 aromatic heterocycles.